The Bertz CT molecular complexity index is 2090. The second-order valence-electron chi connectivity index (χ2n) is 11.0. The van der Waals surface area contributed by atoms with E-state index in [4.69, 9.17) is 10.2 Å². The van der Waals surface area contributed by atoms with Gasteiger partial charge in [-0.25, -0.2) is 0 Å². The van der Waals surface area contributed by atoms with Gasteiger partial charge in [-0.05, 0) is 74.7 Å². The van der Waals surface area contributed by atoms with Crippen molar-refractivity contribution in [2.45, 2.75) is 19.3 Å². The fourth-order valence-electron chi connectivity index (χ4n) is 6.32. The average Bonchev–Trinajstić information content (AvgIpc) is 3.54. The summed E-state index contributed by atoms with van der Waals surface area (Å²) in [6.07, 6.45) is 3.67. The lowest BCUT2D eigenvalue weighted by Crippen LogP contribution is -2.14. The third-order valence-electron chi connectivity index (χ3n) is 8.36. The molecule has 0 N–H and O–H groups in total. The molecule has 7 aromatic rings. The zero-order chi connectivity index (χ0) is 26.8. The normalized spacial score (nSPS) is 13.4. The van der Waals surface area contributed by atoms with Crippen molar-refractivity contribution in [1.82, 2.24) is 20.0 Å². The molecule has 0 amide bonds. The molecule has 40 heavy (non-hydrogen) atoms. The average molecular weight is 515 g/mol. The van der Waals surface area contributed by atoms with E-state index in [1.165, 1.54) is 38.8 Å². The first-order valence-corrected chi connectivity index (χ1v) is 13.6. The molecule has 0 fully saturated rings. The lowest BCUT2D eigenvalue weighted by atomic mass is 9.81. The van der Waals surface area contributed by atoms with Crippen molar-refractivity contribution < 1.29 is 0 Å². The molecule has 0 unspecified atom stereocenters. The van der Waals surface area contributed by atoms with E-state index in [0.29, 0.717) is 0 Å². The van der Waals surface area contributed by atoms with Crippen molar-refractivity contribution in [3.05, 3.63) is 133 Å². The summed E-state index contributed by atoms with van der Waals surface area (Å²) in [7, 11) is 0. The molecule has 4 nitrogen and oxygen atoms in total. The molecule has 5 aromatic carbocycles. The molecule has 0 saturated carbocycles. The van der Waals surface area contributed by atoms with E-state index in [0.717, 1.165) is 33.2 Å². The molecule has 4 heteroatoms. The van der Waals surface area contributed by atoms with E-state index in [2.05, 4.69) is 110 Å². The van der Waals surface area contributed by atoms with Gasteiger partial charge < -0.3 is 0 Å². The van der Waals surface area contributed by atoms with Gasteiger partial charge in [0.2, 0.25) is 0 Å². The Hall–Kier alpha value is -5.09. The van der Waals surface area contributed by atoms with E-state index in [1.807, 2.05) is 24.4 Å². The number of hydrogen-bond donors (Lipinski definition) is 0. The van der Waals surface area contributed by atoms with Crippen LogP contribution in [0.4, 0.5) is 0 Å². The molecule has 8 rings (SSSR count). The van der Waals surface area contributed by atoms with Crippen molar-refractivity contribution in [2.75, 3.05) is 0 Å². The van der Waals surface area contributed by atoms with Crippen LogP contribution in [-0.2, 0) is 5.41 Å². The fourth-order valence-corrected chi connectivity index (χ4v) is 6.32. The highest BCUT2D eigenvalue weighted by atomic mass is 15.5. The maximum Gasteiger partial charge on any atom is 0.121 e. The Morgan fingerprint density at radius 2 is 1.38 bits per heavy atom. The standard InChI is InChI=1S/C36H26N4/c1-36(2)32-15-6-5-13-28(32)29-17-16-24(20-33(29)36)31-21-34-35(30-14-4-3-12-27(30)31)39-40(38-34)26-11-7-9-23(19-26)25-10-8-18-37-22-25/h3-22H,1-2H3. The minimum atomic E-state index is -0.0513. The Labute approximate surface area is 232 Å². The summed E-state index contributed by atoms with van der Waals surface area (Å²) < 4.78 is 0. The molecular formula is C36H26N4. The molecule has 2 heterocycles. The Morgan fingerprint density at radius 3 is 2.25 bits per heavy atom. The summed E-state index contributed by atoms with van der Waals surface area (Å²) in [5.74, 6) is 0. The summed E-state index contributed by atoms with van der Waals surface area (Å²) in [6.45, 7) is 4.65. The second kappa shape index (κ2) is 8.45. The third kappa shape index (κ3) is 3.36. The largest absolute Gasteiger partial charge is 0.264 e. The van der Waals surface area contributed by atoms with Crippen LogP contribution in [0.2, 0.25) is 0 Å². The lowest BCUT2D eigenvalue weighted by Gasteiger charge is -2.22. The molecule has 0 spiro atoms. The topological polar surface area (TPSA) is 43.6 Å². The molecule has 0 aliphatic heterocycles. The molecular weight excluding hydrogens is 488 g/mol. The van der Waals surface area contributed by atoms with Crippen molar-refractivity contribution in [3.8, 4) is 39.1 Å². The van der Waals surface area contributed by atoms with Gasteiger partial charge in [0.05, 0.1) is 5.69 Å². The van der Waals surface area contributed by atoms with Crippen LogP contribution < -0.4 is 0 Å². The number of rotatable bonds is 3. The van der Waals surface area contributed by atoms with Gasteiger partial charge in [0.15, 0.2) is 0 Å². The number of pyridine rings is 1. The van der Waals surface area contributed by atoms with Crippen LogP contribution in [0.3, 0.4) is 0 Å². The molecule has 0 atom stereocenters. The quantitative estimate of drug-likeness (QED) is 0.237. The van der Waals surface area contributed by atoms with E-state index in [-0.39, 0.29) is 5.41 Å². The number of benzene rings is 5. The van der Waals surface area contributed by atoms with Crippen LogP contribution in [0, 0.1) is 0 Å². The molecule has 0 bridgehead atoms. The number of nitrogens with zero attached hydrogens (tertiary/aromatic N) is 4. The van der Waals surface area contributed by atoms with Gasteiger partial charge >= 0.3 is 0 Å². The van der Waals surface area contributed by atoms with Crippen molar-refractivity contribution in [3.63, 3.8) is 0 Å². The highest BCUT2D eigenvalue weighted by Gasteiger charge is 2.35. The van der Waals surface area contributed by atoms with Crippen LogP contribution in [-0.4, -0.2) is 20.0 Å². The van der Waals surface area contributed by atoms with Crippen molar-refractivity contribution in [1.29, 1.82) is 0 Å². The first-order chi connectivity index (χ1) is 19.6. The smallest absolute Gasteiger partial charge is 0.121 e. The van der Waals surface area contributed by atoms with Crippen molar-refractivity contribution in [2.24, 2.45) is 0 Å². The first-order valence-electron chi connectivity index (χ1n) is 13.6. The third-order valence-corrected chi connectivity index (χ3v) is 8.36. The zero-order valence-corrected chi connectivity index (χ0v) is 22.3. The second-order valence-corrected chi connectivity index (χ2v) is 11.0. The minimum absolute atomic E-state index is 0.0513. The van der Waals surface area contributed by atoms with Crippen molar-refractivity contribution >= 4 is 21.8 Å². The Morgan fingerprint density at radius 1 is 0.575 bits per heavy atom. The predicted molar refractivity (Wildman–Crippen MR) is 163 cm³/mol. The van der Waals surface area contributed by atoms with Gasteiger partial charge in [-0.15, -0.1) is 10.2 Å². The monoisotopic (exact) mass is 514 g/mol. The van der Waals surface area contributed by atoms with Crippen LogP contribution in [0.15, 0.2) is 122 Å². The van der Waals surface area contributed by atoms with Gasteiger partial charge in [-0.2, -0.15) is 4.80 Å². The minimum Gasteiger partial charge on any atom is -0.264 e. The molecule has 0 saturated heterocycles. The SMILES string of the molecule is CC1(C)c2ccccc2-c2ccc(-c3cc4nn(-c5cccc(-c6cccnc6)c5)nc4c4ccccc34)cc21. The van der Waals surface area contributed by atoms with Crippen LogP contribution in [0.1, 0.15) is 25.0 Å². The molecule has 1 aliphatic carbocycles. The molecule has 1 aliphatic rings. The summed E-state index contributed by atoms with van der Waals surface area (Å²) in [6, 6.07) is 38.7. The summed E-state index contributed by atoms with van der Waals surface area (Å²) in [4.78, 5) is 6.03. The van der Waals surface area contributed by atoms with E-state index in [9.17, 15) is 0 Å². The first kappa shape index (κ1) is 22.9. The lowest BCUT2D eigenvalue weighted by molar-refractivity contribution is 0.660. The summed E-state index contributed by atoms with van der Waals surface area (Å²) in [5, 5.41) is 12.2. The maximum absolute atomic E-state index is 4.98. The maximum atomic E-state index is 4.98. The zero-order valence-electron chi connectivity index (χ0n) is 22.3. The summed E-state index contributed by atoms with van der Waals surface area (Å²) >= 11 is 0. The highest BCUT2D eigenvalue weighted by molar-refractivity contribution is 6.11. The Kier molecular flexibility index (Phi) is 4.83. The molecule has 2 aromatic heterocycles. The van der Waals surface area contributed by atoms with Crippen LogP contribution in [0.5, 0.6) is 0 Å². The number of fused-ring (bicyclic) bond motifs is 6. The molecule has 0 radical (unpaired) electrons. The fraction of sp³-hybridized carbons (Fsp3) is 0.0833. The van der Waals surface area contributed by atoms with Crippen LogP contribution >= 0.6 is 0 Å². The van der Waals surface area contributed by atoms with E-state index >= 15 is 0 Å². The number of aromatic nitrogens is 4. The van der Waals surface area contributed by atoms with Gasteiger partial charge in [0, 0.05) is 28.8 Å². The van der Waals surface area contributed by atoms with E-state index < -0.39 is 0 Å². The van der Waals surface area contributed by atoms with Gasteiger partial charge in [0.1, 0.15) is 11.0 Å². The van der Waals surface area contributed by atoms with Crippen LogP contribution in [0.25, 0.3) is 60.9 Å². The van der Waals surface area contributed by atoms with Gasteiger partial charge in [-0.1, -0.05) is 92.7 Å². The summed E-state index contributed by atoms with van der Waals surface area (Å²) in [5.41, 5.74) is 12.6. The van der Waals surface area contributed by atoms with Gasteiger partial charge in [0.25, 0.3) is 0 Å². The highest BCUT2D eigenvalue weighted by Crippen LogP contribution is 2.50. The number of hydrogen-bond acceptors (Lipinski definition) is 3. The van der Waals surface area contributed by atoms with Gasteiger partial charge in [-0.3, -0.25) is 4.98 Å². The predicted octanol–water partition coefficient (Wildman–Crippen LogP) is 8.61. The van der Waals surface area contributed by atoms with E-state index in [1.54, 1.807) is 11.0 Å². The molecule has 190 valence electrons. The Balaban J connectivity index is 1.30.